The number of rotatable bonds is 4. The summed E-state index contributed by atoms with van der Waals surface area (Å²) in [5, 5.41) is 13.8. The zero-order valence-corrected chi connectivity index (χ0v) is 17.2. The molecule has 0 saturated carbocycles. The highest BCUT2D eigenvalue weighted by Gasteiger charge is 2.33. The summed E-state index contributed by atoms with van der Waals surface area (Å²) in [4.78, 5) is 4.81. The lowest BCUT2D eigenvalue weighted by Crippen LogP contribution is -2.24. The van der Waals surface area contributed by atoms with Crippen LogP contribution in [0, 0.1) is 11.3 Å². The Kier molecular flexibility index (Phi) is 4.57. The maximum absolute atomic E-state index is 10.3. The van der Waals surface area contributed by atoms with Crippen molar-refractivity contribution in [3.63, 3.8) is 0 Å². The Morgan fingerprint density at radius 1 is 0.968 bits per heavy atom. The SMILES string of the molecule is COc1ccc(C2Nc3nc4ccccc4n3C(c3ccccc3)=C2C#N)c(OC)c1. The maximum Gasteiger partial charge on any atom is 0.209 e. The van der Waals surface area contributed by atoms with Gasteiger partial charge >= 0.3 is 0 Å². The summed E-state index contributed by atoms with van der Waals surface area (Å²) >= 11 is 0. The van der Waals surface area contributed by atoms with Crippen LogP contribution in [0.2, 0.25) is 0 Å². The second-order valence-corrected chi connectivity index (χ2v) is 7.18. The van der Waals surface area contributed by atoms with E-state index in [9.17, 15) is 5.26 Å². The maximum atomic E-state index is 10.3. The lowest BCUT2D eigenvalue weighted by atomic mass is 9.93. The predicted octanol–water partition coefficient (Wildman–Crippen LogP) is 5.00. The van der Waals surface area contributed by atoms with Gasteiger partial charge in [-0.15, -0.1) is 0 Å². The number of imidazole rings is 1. The first-order valence-electron chi connectivity index (χ1n) is 9.91. The fourth-order valence-corrected chi connectivity index (χ4v) is 4.10. The minimum Gasteiger partial charge on any atom is -0.497 e. The molecule has 6 heteroatoms. The highest BCUT2D eigenvalue weighted by Crippen LogP contribution is 2.43. The highest BCUT2D eigenvalue weighted by atomic mass is 16.5. The van der Waals surface area contributed by atoms with E-state index in [0.717, 1.165) is 27.9 Å². The summed E-state index contributed by atoms with van der Waals surface area (Å²) in [6.45, 7) is 0. The van der Waals surface area contributed by atoms with Crippen molar-refractivity contribution in [2.45, 2.75) is 6.04 Å². The van der Waals surface area contributed by atoms with E-state index in [-0.39, 0.29) is 0 Å². The Labute approximate surface area is 180 Å². The lowest BCUT2D eigenvalue weighted by molar-refractivity contribution is 0.390. The molecule has 1 aliphatic heterocycles. The standard InChI is InChI=1S/C25H20N4O2/c1-30-17-12-13-18(22(14-17)31-2)23-19(15-26)24(16-8-4-3-5-9-16)29-21-11-7-6-10-20(21)27-25(29)28-23/h3-14,23H,1-2H3,(H,27,28). The monoisotopic (exact) mass is 408 g/mol. The van der Waals surface area contributed by atoms with Gasteiger partial charge in [-0.3, -0.25) is 4.57 Å². The van der Waals surface area contributed by atoms with Crippen LogP contribution in [0.3, 0.4) is 0 Å². The van der Waals surface area contributed by atoms with Crippen LogP contribution >= 0.6 is 0 Å². The van der Waals surface area contributed by atoms with Crippen LogP contribution in [0.4, 0.5) is 5.95 Å². The number of nitrogens with zero attached hydrogens (tertiary/aromatic N) is 3. The highest BCUT2D eigenvalue weighted by molar-refractivity contribution is 5.90. The van der Waals surface area contributed by atoms with E-state index in [1.54, 1.807) is 14.2 Å². The van der Waals surface area contributed by atoms with Gasteiger partial charge in [-0.05, 0) is 29.8 Å². The third-order valence-electron chi connectivity index (χ3n) is 5.52. The summed E-state index contributed by atoms with van der Waals surface area (Å²) in [6, 6.07) is 25.5. The Bertz CT molecular complexity index is 1350. The first-order valence-corrected chi connectivity index (χ1v) is 9.91. The number of nitrogens with one attached hydrogen (secondary N) is 1. The predicted molar refractivity (Wildman–Crippen MR) is 120 cm³/mol. The molecule has 1 unspecified atom stereocenters. The smallest absolute Gasteiger partial charge is 0.209 e. The largest absolute Gasteiger partial charge is 0.497 e. The van der Waals surface area contributed by atoms with E-state index in [1.165, 1.54) is 0 Å². The number of benzene rings is 3. The van der Waals surface area contributed by atoms with Crippen LogP contribution < -0.4 is 14.8 Å². The molecule has 4 aromatic rings. The third kappa shape index (κ3) is 2.99. The molecule has 6 nitrogen and oxygen atoms in total. The first kappa shape index (κ1) is 18.8. The van der Waals surface area contributed by atoms with E-state index < -0.39 is 6.04 Å². The topological polar surface area (TPSA) is 72.1 Å². The molecule has 0 saturated heterocycles. The minimum absolute atomic E-state index is 0.426. The van der Waals surface area contributed by atoms with Gasteiger partial charge in [0.1, 0.15) is 11.5 Å². The molecule has 0 bridgehead atoms. The zero-order chi connectivity index (χ0) is 21.4. The Balaban J connectivity index is 1.81. The molecule has 152 valence electrons. The van der Waals surface area contributed by atoms with Gasteiger partial charge in [-0.1, -0.05) is 42.5 Å². The Morgan fingerprint density at radius 3 is 2.48 bits per heavy atom. The number of para-hydroxylation sites is 2. The van der Waals surface area contributed by atoms with Gasteiger partial charge in [0, 0.05) is 11.6 Å². The van der Waals surface area contributed by atoms with Crippen molar-refractivity contribution in [2.24, 2.45) is 0 Å². The van der Waals surface area contributed by atoms with Gasteiger partial charge in [0.2, 0.25) is 5.95 Å². The number of nitriles is 1. The number of ether oxygens (including phenoxy) is 2. The van der Waals surface area contributed by atoms with Crippen molar-refractivity contribution in [3.05, 3.63) is 89.5 Å². The first-order chi connectivity index (χ1) is 15.2. The van der Waals surface area contributed by atoms with Crippen LogP contribution in [0.15, 0.2) is 78.4 Å². The second-order valence-electron chi connectivity index (χ2n) is 7.18. The molecule has 1 N–H and O–H groups in total. The quantitative estimate of drug-likeness (QED) is 0.514. The van der Waals surface area contributed by atoms with Crippen molar-refractivity contribution in [3.8, 4) is 17.6 Å². The number of aromatic nitrogens is 2. The summed E-state index contributed by atoms with van der Waals surface area (Å²) in [5.41, 5.74) is 4.99. The number of hydrogen-bond donors (Lipinski definition) is 1. The molecule has 2 heterocycles. The molecule has 1 aromatic heterocycles. The second kappa shape index (κ2) is 7.54. The van der Waals surface area contributed by atoms with Crippen molar-refractivity contribution < 1.29 is 9.47 Å². The fraction of sp³-hybridized carbons (Fsp3) is 0.120. The zero-order valence-electron chi connectivity index (χ0n) is 17.2. The average molecular weight is 408 g/mol. The molecule has 0 amide bonds. The Morgan fingerprint density at radius 2 is 1.74 bits per heavy atom. The molecule has 0 aliphatic carbocycles. The third-order valence-corrected chi connectivity index (χ3v) is 5.52. The van der Waals surface area contributed by atoms with Crippen LogP contribution in [0.25, 0.3) is 16.7 Å². The van der Waals surface area contributed by atoms with E-state index >= 15 is 0 Å². The van der Waals surface area contributed by atoms with Crippen LogP contribution in [-0.4, -0.2) is 23.8 Å². The van der Waals surface area contributed by atoms with E-state index in [2.05, 4.69) is 11.4 Å². The van der Waals surface area contributed by atoms with Gasteiger partial charge in [-0.2, -0.15) is 5.26 Å². The fourth-order valence-electron chi connectivity index (χ4n) is 4.10. The summed E-state index contributed by atoms with van der Waals surface area (Å²) < 4.78 is 13.0. The van der Waals surface area contributed by atoms with Crippen molar-refractivity contribution >= 4 is 22.7 Å². The van der Waals surface area contributed by atoms with E-state index in [4.69, 9.17) is 14.5 Å². The molecule has 1 aliphatic rings. The molecule has 0 spiro atoms. The van der Waals surface area contributed by atoms with Gasteiger partial charge in [0.25, 0.3) is 0 Å². The minimum atomic E-state index is -0.426. The van der Waals surface area contributed by atoms with E-state index in [1.807, 2.05) is 77.4 Å². The molecule has 3 aromatic carbocycles. The number of fused-ring (bicyclic) bond motifs is 3. The van der Waals surface area contributed by atoms with Crippen LogP contribution in [0.5, 0.6) is 11.5 Å². The lowest BCUT2D eigenvalue weighted by Gasteiger charge is -2.29. The van der Waals surface area contributed by atoms with E-state index in [0.29, 0.717) is 23.0 Å². The number of methoxy groups -OCH3 is 2. The van der Waals surface area contributed by atoms with Crippen molar-refractivity contribution in [1.29, 1.82) is 5.26 Å². The normalized spacial score (nSPS) is 15.2. The van der Waals surface area contributed by atoms with Crippen molar-refractivity contribution in [1.82, 2.24) is 9.55 Å². The van der Waals surface area contributed by atoms with Crippen LogP contribution in [0.1, 0.15) is 17.2 Å². The molecule has 0 fully saturated rings. The van der Waals surface area contributed by atoms with Gasteiger partial charge in [0.15, 0.2) is 0 Å². The molecule has 5 rings (SSSR count). The van der Waals surface area contributed by atoms with Gasteiger partial charge < -0.3 is 14.8 Å². The summed E-state index contributed by atoms with van der Waals surface area (Å²) in [5.74, 6) is 2.01. The van der Waals surface area contributed by atoms with Crippen LogP contribution in [-0.2, 0) is 0 Å². The Hall–Kier alpha value is -4.24. The number of anilines is 1. The molecule has 0 radical (unpaired) electrons. The molecule has 1 atom stereocenters. The average Bonchev–Trinajstić information content (AvgIpc) is 3.21. The van der Waals surface area contributed by atoms with Gasteiger partial charge in [-0.25, -0.2) is 4.98 Å². The molecular formula is C25H20N4O2. The van der Waals surface area contributed by atoms with Crippen molar-refractivity contribution in [2.75, 3.05) is 19.5 Å². The number of hydrogen-bond acceptors (Lipinski definition) is 5. The summed E-state index contributed by atoms with van der Waals surface area (Å²) in [7, 11) is 3.23. The summed E-state index contributed by atoms with van der Waals surface area (Å²) in [6.07, 6.45) is 0. The molecule has 31 heavy (non-hydrogen) atoms. The molecular weight excluding hydrogens is 388 g/mol. The van der Waals surface area contributed by atoms with Gasteiger partial charge in [0.05, 0.1) is 48.6 Å².